The summed E-state index contributed by atoms with van der Waals surface area (Å²) in [5.74, 6) is 1.03. The molecule has 0 aliphatic rings. The smallest absolute Gasteiger partial charge is 0.408 e. The minimum Gasteiger partial charge on any atom is -0.408 e. The van der Waals surface area contributed by atoms with Gasteiger partial charge in [-0.05, 0) is 44.5 Å². The molecule has 178 valence electrons. The fraction of sp³-hybridized carbons (Fsp3) is 0.185. The largest absolute Gasteiger partial charge is 0.420 e. The molecule has 6 rings (SSSR count). The maximum Gasteiger partial charge on any atom is 0.420 e. The molecule has 36 heavy (non-hydrogen) atoms. The summed E-state index contributed by atoms with van der Waals surface area (Å²) in [4.78, 5) is 35.5. The van der Waals surface area contributed by atoms with Crippen molar-refractivity contribution in [3.05, 3.63) is 89.2 Å². The lowest BCUT2D eigenvalue weighted by Gasteiger charge is -2.13. The molecule has 0 saturated carbocycles. The van der Waals surface area contributed by atoms with Crippen molar-refractivity contribution >= 4 is 22.3 Å². The van der Waals surface area contributed by atoms with Crippen LogP contribution in [0.1, 0.15) is 31.3 Å². The fourth-order valence-electron chi connectivity index (χ4n) is 4.60. The molecule has 0 fully saturated rings. The molecular weight excluding hydrogens is 454 g/mol. The van der Waals surface area contributed by atoms with Crippen LogP contribution in [0, 0.1) is 6.92 Å². The first-order valence-electron chi connectivity index (χ1n) is 11.8. The molecule has 0 saturated heterocycles. The van der Waals surface area contributed by atoms with Gasteiger partial charge in [-0.1, -0.05) is 30.3 Å². The summed E-state index contributed by atoms with van der Waals surface area (Å²) in [6.45, 7) is 6.55. The highest BCUT2D eigenvalue weighted by atomic mass is 16.4. The van der Waals surface area contributed by atoms with E-state index in [1.165, 1.54) is 0 Å². The SMILES string of the molecule is CCn1c(-c2cnc(C)nc2)nc2c(-c3ccc4oc(=O)n(C(C)c5ccccc5)c4c3)ncnc21. The average Bonchev–Trinajstić information content (AvgIpc) is 3.45. The van der Waals surface area contributed by atoms with Crippen LogP contribution in [0.3, 0.4) is 0 Å². The summed E-state index contributed by atoms with van der Waals surface area (Å²) < 4.78 is 9.27. The van der Waals surface area contributed by atoms with Crippen LogP contribution in [0.25, 0.3) is 44.9 Å². The van der Waals surface area contributed by atoms with Gasteiger partial charge in [0.1, 0.15) is 29.2 Å². The van der Waals surface area contributed by atoms with E-state index >= 15 is 0 Å². The molecule has 0 aliphatic heterocycles. The van der Waals surface area contributed by atoms with E-state index in [1.54, 1.807) is 29.4 Å². The van der Waals surface area contributed by atoms with Crippen LogP contribution < -0.4 is 5.76 Å². The Labute approximate surface area is 206 Å². The van der Waals surface area contributed by atoms with Crippen LogP contribution >= 0.6 is 0 Å². The number of hydrogen-bond acceptors (Lipinski definition) is 7. The van der Waals surface area contributed by atoms with Crippen molar-refractivity contribution in [1.82, 2.24) is 34.1 Å². The van der Waals surface area contributed by atoms with Gasteiger partial charge in [0, 0.05) is 24.5 Å². The summed E-state index contributed by atoms with van der Waals surface area (Å²) >= 11 is 0. The third kappa shape index (κ3) is 3.48. The van der Waals surface area contributed by atoms with E-state index in [-0.39, 0.29) is 6.04 Å². The van der Waals surface area contributed by atoms with Crippen molar-refractivity contribution in [1.29, 1.82) is 0 Å². The number of imidazole rings is 1. The first-order valence-corrected chi connectivity index (χ1v) is 11.8. The zero-order chi connectivity index (χ0) is 24.8. The third-order valence-corrected chi connectivity index (χ3v) is 6.44. The Hall–Kier alpha value is -4.66. The second kappa shape index (κ2) is 8.53. The number of fused-ring (bicyclic) bond motifs is 2. The quantitative estimate of drug-likeness (QED) is 0.351. The predicted molar refractivity (Wildman–Crippen MR) is 136 cm³/mol. The van der Waals surface area contributed by atoms with Gasteiger partial charge in [0.2, 0.25) is 0 Å². The molecule has 4 heterocycles. The fourth-order valence-corrected chi connectivity index (χ4v) is 4.60. The predicted octanol–water partition coefficient (Wildman–Crippen LogP) is 4.80. The van der Waals surface area contributed by atoms with Gasteiger partial charge in [-0.3, -0.25) is 4.57 Å². The Morgan fingerprint density at radius 1 is 0.972 bits per heavy atom. The highest BCUT2D eigenvalue weighted by molar-refractivity contribution is 5.92. The molecule has 0 radical (unpaired) electrons. The van der Waals surface area contributed by atoms with Crippen molar-refractivity contribution in [2.45, 2.75) is 33.4 Å². The zero-order valence-electron chi connectivity index (χ0n) is 20.1. The maximum absolute atomic E-state index is 12.8. The summed E-state index contributed by atoms with van der Waals surface area (Å²) in [6, 6.07) is 15.3. The molecule has 1 unspecified atom stereocenters. The monoisotopic (exact) mass is 477 g/mol. The molecule has 6 aromatic rings. The Morgan fingerprint density at radius 3 is 2.50 bits per heavy atom. The van der Waals surface area contributed by atoms with E-state index in [4.69, 9.17) is 9.40 Å². The Bertz CT molecular complexity index is 1770. The van der Waals surface area contributed by atoms with E-state index in [1.807, 2.05) is 67.8 Å². The number of aryl methyl sites for hydroxylation is 2. The van der Waals surface area contributed by atoms with Crippen LogP contribution in [-0.2, 0) is 6.54 Å². The molecule has 1 atom stereocenters. The normalized spacial score (nSPS) is 12.4. The van der Waals surface area contributed by atoms with Gasteiger partial charge in [-0.25, -0.2) is 29.7 Å². The third-order valence-electron chi connectivity index (χ3n) is 6.44. The second-order valence-electron chi connectivity index (χ2n) is 8.60. The van der Waals surface area contributed by atoms with Gasteiger partial charge >= 0.3 is 5.76 Å². The number of benzene rings is 2. The number of hydrogen-bond donors (Lipinski definition) is 0. The molecular formula is C27H23N7O2. The van der Waals surface area contributed by atoms with Crippen LogP contribution in [0.4, 0.5) is 0 Å². The summed E-state index contributed by atoms with van der Waals surface area (Å²) in [5, 5.41) is 0. The number of rotatable bonds is 5. The van der Waals surface area contributed by atoms with Crippen molar-refractivity contribution < 1.29 is 4.42 Å². The molecule has 9 heteroatoms. The lowest BCUT2D eigenvalue weighted by molar-refractivity contribution is 0.490. The topological polar surface area (TPSA) is 105 Å². The molecule has 9 nitrogen and oxygen atoms in total. The minimum atomic E-state index is -0.400. The van der Waals surface area contributed by atoms with Crippen molar-refractivity contribution in [3.8, 4) is 22.6 Å². The first-order chi connectivity index (χ1) is 17.5. The van der Waals surface area contributed by atoms with Crippen molar-refractivity contribution in [2.24, 2.45) is 0 Å². The zero-order valence-corrected chi connectivity index (χ0v) is 20.1. The molecule has 0 spiro atoms. The summed E-state index contributed by atoms with van der Waals surface area (Å²) in [6.07, 6.45) is 5.08. The van der Waals surface area contributed by atoms with E-state index in [9.17, 15) is 4.79 Å². The van der Waals surface area contributed by atoms with Crippen LogP contribution in [-0.4, -0.2) is 34.1 Å². The molecule has 0 aliphatic carbocycles. The number of aromatic nitrogens is 7. The molecule has 4 aromatic heterocycles. The van der Waals surface area contributed by atoms with E-state index in [2.05, 4.69) is 19.9 Å². The first kappa shape index (κ1) is 21.8. The standard InChI is InChI=1S/C27H23N7O2/c1-4-33-25(20-13-28-17(3)29-14-20)32-24-23(30-15-31-26(24)33)19-10-11-22-21(12-19)34(27(35)36-22)16(2)18-8-6-5-7-9-18/h5-16H,4H2,1-3H3. The van der Waals surface area contributed by atoms with Gasteiger partial charge in [0.25, 0.3) is 0 Å². The van der Waals surface area contributed by atoms with Gasteiger partial charge < -0.3 is 8.98 Å². The van der Waals surface area contributed by atoms with Crippen LogP contribution in [0.15, 0.2) is 76.5 Å². The molecule has 0 bridgehead atoms. The van der Waals surface area contributed by atoms with E-state index in [0.29, 0.717) is 34.7 Å². The van der Waals surface area contributed by atoms with Crippen LogP contribution in [0.2, 0.25) is 0 Å². The van der Waals surface area contributed by atoms with Gasteiger partial charge in [-0.15, -0.1) is 0 Å². The summed E-state index contributed by atoms with van der Waals surface area (Å²) in [5.41, 5.74) is 5.93. The van der Waals surface area contributed by atoms with Crippen LogP contribution in [0.5, 0.6) is 0 Å². The van der Waals surface area contributed by atoms with E-state index in [0.717, 1.165) is 28.2 Å². The van der Waals surface area contributed by atoms with Gasteiger partial charge in [-0.2, -0.15) is 0 Å². The highest BCUT2D eigenvalue weighted by Gasteiger charge is 2.21. The maximum atomic E-state index is 12.8. The van der Waals surface area contributed by atoms with Crippen molar-refractivity contribution in [2.75, 3.05) is 0 Å². The Kier molecular flexibility index (Phi) is 5.18. The molecule has 0 N–H and O–H groups in total. The van der Waals surface area contributed by atoms with E-state index < -0.39 is 5.76 Å². The molecule has 0 amide bonds. The molecule has 2 aromatic carbocycles. The van der Waals surface area contributed by atoms with Gasteiger partial charge in [0.15, 0.2) is 11.2 Å². The Balaban J connectivity index is 1.53. The average molecular weight is 478 g/mol. The Morgan fingerprint density at radius 2 is 1.75 bits per heavy atom. The van der Waals surface area contributed by atoms with Gasteiger partial charge in [0.05, 0.1) is 17.1 Å². The highest BCUT2D eigenvalue weighted by Crippen LogP contribution is 2.32. The number of nitrogens with zero attached hydrogens (tertiary/aromatic N) is 7. The lowest BCUT2D eigenvalue weighted by Crippen LogP contribution is -2.19. The number of oxazole rings is 1. The summed E-state index contributed by atoms with van der Waals surface area (Å²) in [7, 11) is 0. The lowest BCUT2D eigenvalue weighted by atomic mass is 10.1. The van der Waals surface area contributed by atoms with Crippen molar-refractivity contribution in [3.63, 3.8) is 0 Å². The minimum absolute atomic E-state index is 0.201. The second-order valence-corrected chi connectivity index (χ2v) is 8.60.